The van der Waals surface area contributed by atoms with Gasteiger partial charge in [-0.3, -0.25) is 4.79 Å². The van der Waals surface area contributed by atoms with Crippen molar-refractivity contribution in [1.29, 1.82) is 0 Å². The summed E-state index contributed by atoms with van der Waals surface area (Å²) in [5, 5.41) is 32.6. The molecule has 4 N–H and O–H groups in total. The predicted octanol–water partition coefficient (Wildman–Crippen LogP) is 5.64. The maximum absolute atomic E-state index is 11.9. The minimum atomic E-state index is -1.12. The molecule has 0 rings (SSSR count). The quantitative estimate of drug-likeness (QED) is 0.154. The number of carbonyl (C=O) groups is 1. The number of aliphatic hydroxyl groups excluding tert-OH is 3. The van der Waals surface area contributed by atoms with Gasteiger partial charge in [-0.1, -0.05) is 117 Å². The third-order valence-corrected chi connectivity index (χ3v) is 6.21. The molecular formula is C26H53NO4. The van der Waals surface area contributed by atoms with E-state index in [4.69, 9.17) is 0 Å². The van der Waals surface area contributed by atoms with Crippen LogP contribution in [0.25, 0.3) is 0 Å². The van der Waals surface area contributed by atoms with Crippen molar-refractivity contribution in [2.45, 2.75) is 154 Å². The lowest BCUT2D eigenvalue weighted by Gasteiger charge is -2.26. The number of nitrogens with one attached hydrogen (secondary N) is 1. The molecule has 0 saturated carbocycles. The fourth-order valence-corrected chi connectivity index (χ4v) is 4.04. The van der Waals surface area contributed by atoms with Crippen molar-refractivity contribution in [2.75, 3.05) is 6.61 Å². The third-order valence-electron chi connectivity index (χ3n) is 6.21. The lowest BCUT2D eigenvalue weighted by molar-refractivity contribution is -0.124. The summed E-state index contributed by atoms with van der Waals surface area (Å²) in [6.45, 7) is 3.97. The summed E-state index contributed by atoms with van der Waals surface area (Å²) in [5.74, 6) is -0.171. The van der Waals surface area contributed by atoms with Gasteiger partial charge in [-0.15, -0.1) is 0 Å². The highest BCUT2D eigenvalue weighted by molar-refractivity contribution is 5.76. The lowest BCUT2D eigenvalue weighted by atomic mass is 9.99. The average molecular weight is 444 g/mol. The van der Waals surface area contributed by atoms with Crippen molar-refractivity contribution < 1.29 is 20.1 Å². The fraction of sp³-hybridized carbons (Fsp3) is 0.962. The standard InChI is InChI=1S/C26H53NO4/c1-3-5-7-8-9-10-11-12-13-14-15-16-17-19-20-24(29)26(31)23(22-28)27-25(30)21-18-6-4-2/h23-24,26,28-29,31H,3-22H2,1-2H3,(H,27,30). The van der Waals surface area contributed by atoms with E-state index in [2.05, 4.69) is 19.2 Å². The number of hydrogen-bond donors (Lipinski definition) is 4. The van der Waals surface area contributed by atoms with Crippen LogP contribution in [0.15, 0.2) is 0 Å². The largest absolute Gasteiger partial charge is 0.394 e. The maximum Gasteiger partial charge on any atom is 0.220 e. The normalized spacial score (nSPS) is 14.4. The van der Waals surface area contributed by atoms with Gasteiger partial charge in [0.15, 0.2) is 0 Å². The zero-order chi connectivity index (χ0) is 23.2. The van der Waals surface area contributed by atoms with E-state index in [1.54, 1.807) is 0 Å². The first kappa shape index (κ1) is 30.4. The number of aliphatic hydroxyl groups is 3. The first-order valence-corrected chi connectivity index (χ1v) is 13.3. The molecule has 5 heteroatoms. The van der Waals surface area contributed by atoms with E-state index in [1.165, 1.54) is 70.6 Å². The number of carbonyl (C=O) groups excluding carboxylic acids is 1. The molecule has 0 fully saturated rings. The Bertz CT molecular complexity index is 392. The van der Waals surface area contributed by atoms with Crippen LogP contribution in [-0.4, -0.2) is 46.1 Å². The van der Waals surface area contributed by atoms with E-state index in [0.717, 1.165) is 38.5 Å². The molecule has 0 aliphatic carbocycles. The molecule has 5 nitrogen and oxygen atoms in total. The third kappa shape index (κ3) is 18.6. The Kier molecular flexibility index (Phi) is 22.1. The molecule has 1 amide bonds. The van der Waals surface area contributed by atoms with E-state index in [-0.39, 0.29) is 12.5 Å². The highest BCUT2D eigenvalue weighted by Crippen LogP contribution is 2.15. The molecule has 3 atom stereocenters. The van der Waals surface area contributed by atoms with Crippen LogP contribution >= 0.6 is 0 Å². The molecule has 0 aliphatic heterocycles. The summed E-state index contributed by atoms with van der Waals surface area (Å²) in [6, 6.07) is -0.796. The van der Waals surface area contributed by atoms with E-state index in [9.17, 15) is 20.1 Å². The molecule has 31 heavy (non-hydrogen) atoms. The van der Waals surface area contributed by atoms with E-state index < -0.39 is 18.2 Å². The number of amides is 1. The summed E-state index contributed by atoms with van der Waals surface area (Å²) in [5.41, 5.74) is 0. The van der Waals surface area contributed by atoms with Gasteiger partial charge in [-0.2, -0.15) is 0 Å². The minimum Gasteiger partial charge on any atom is -0.394 e. The Morgan fingerprint density at radius 1 is 0.677 bits per heavy atom. The molecule has 0 aromatic rings. The van der Waals surface area contributed by atoms with E-state index in [1.807, 2.05) is 0 Å². The summed E-state index contributed by atoms with van der Waals surface area (Å²) >= 11 is 0. The van der Waals surface area contributed by atoms with Crippen LogP contribution in [0.5, 0.6) is 0 Å². The Labute approximate surface area is 192 Å². The summed E-state index contributed by atoms with van der Waals surface area (Å²) in [7, 11) is 0. The van der Waals surface area contributed by atoms with Crippen molar-refractivity contribution in [3.05, 3.63) is 0 Å². The zero-order valence-corrected chi connectivity index (χ0v) is 20.6. The van der Waals surface area contributed by atoms with Crippen molar-refractivity contribution in [3.63, 3.8) is 0 Å². The minimum absolute atomic E-state index is 0.171. The van der Waals surface area contributed by atoms with Gasteiger partial charge in [0.05, 0.1) is 18.8 Å². The van der Waals surface area contributed by atoms with Crippen LogP contribution in [0.4, 0.5) is 0 Å². The van der Waals surface area contributed by atoms with Crippen LogP contribution in [0.1, 0.15) is 136 Å². The van der Waals surface area contributed by atoms with Gasteiger partial charge in [-0.25, -0.2) is 0 Å². The predicted molar refractivity (Wildman–Crippen MR) is 130 cm³/mol. The molecule has 0 aliphatic rings. The maximum atomic E-state index is 11.9. The molecule has 0 radical (unpaired) electrons. The second-order valence-corrected chi connectivity index (χ2v) is 9.26. The van der Waals surface area contributed by atoms with Gasteiger partial charge in [0.1, 0.15) is 6.10 Å². The molecule has 3 unspecified atom stereocenters. The number of unbranched alkanes of at least 4 members (excludes halogenated alkanes) is 15. The van der Waals surface area contributed by atoms with Crippen LogP contribution in [0, 0.1) is 0 Å². The summed E-state index contributed by atoms with van der Waals surface area (Å²) in [6.07, 6.45) is 19.6. The fourth-order valence-electron chi connectivity index (χ4n) is 4.04. The van der Waals surface area contributed by atoms with E-state index >= 15 is 0 Å². The topological polar surface area (TPSA) is 89.8 Å². The number of rotatable bonds is 23. The van der Waals surface area contributed by atoms with Crippen LogP contribution in [-0.2, 0) is 4.79 Å². The first-order chi connectivity index (χ1) is 15.1. The molecular weight excluding hydrogens is 390 g/mol. The Morgan fingerprint density at radius 3 is 1.55 bits per heavy atom. The van der Waals surface area contributed by atoms with Gasteiger partial charge < -0.3 is 20.6 Å². The molecule has 0 aromatic heterocycles. The molecule has 0 spiro atoms. The second-order valence-electron chi connectivity index (χ2n) is 9.26. The molecule has 0 aromatic carbocycles. The van der Waals surface area contributed by atoms with Gasteiger partial charge >= 0.3 is 0 Å². The van der Waals surface area contributed by atoms with Crippen molar-refractivity contribution in [2.24, 2.45) is 0 Å². The molecule has 0 heterocycles. The highest BCUT2D eigenvalue weighted by Gasteiger charge is 2.26. The Morgan fingerprint density at radius 2 is 1.10 bits per heavy atom. The second kappa shape index (κ2) is 22.5. The summed E-state index contributed by atoms with van der Waals surface area (Å²) in [4.78, 5) is 11.9. The van der Waals surface area contributed by atoms with Crippen LogP contribution in [0.3, 0.4) is 0 Å². The van der Waals surface area contributed by atoms with Crippen LogP contribution < -0.4 is 5.32 Å². The van der Waals surface area contributed by atoms with Crippen molar-refractivity contribution in [1.82, 2.24) is 5.32 Å². The summed E-state index contributed by atoms with van der Waals surface area (Å²) < 4.78 is 0. The monoisotopic (exact) mass is 443 g/mol. The highest BCUT2D eigenvalue weighted by atomic mass is 16.3. The molecule has 0 saturated heterocycles. The van der Waals surface area contributed by atoms with E-state index in [0.29, 0.717) is 12.8 Å². The zero-order valence-electron chi connectivity index (χ0n) is 20.6. The average Bonchev–Trinajstić information content (AvgIpc) is 2.77. The smallest absolute Gasteiger partial charge is 0.220 e. The van der Waals surface area contributed by atoms with Gasteiger partial charge in [0, 0.05) is 6.42 Å². The Hall–Kier alpha value is -0.650. The molecule has 0 bridgehead atoms. The SMILES string of the molecule is CCCCCCCCCCCCCCCCC(O)C(O)C(CO)NC(=O)CCCCC. The lowest BCUT2D eigenvalue weighted by Crippen LogP contribution is -2.50. The van der Waals surface area contributed by atoms with Gasteiger partial charge in [-0.05, 0) is 12.8 Å². The molecule has 186 valence electrons. The van der Waals surface area contributed by atoms with Crippen LogP contribution in [0.2, 0.25) is 0 Å². The van der Waals surface area contributed by atoms with Crippen molar-refractivity contribution >= 4 is 5.91 Å². The Balaban J connectivity index is 3.65. The van der Waals surface area contributed by atoms with Gasteiger partial charge in [0.2, 0.25) is 5.91 Å². The van der Waals surface area contributed by atoms with Crippen molar-refractivity contribution in [3.8, 4) is 0 Å². The van der Waals surface area contributed by atoms with Gasteiger partial charge in [0.25, 0.3) is 0 Å². The first-order valence-electron chi connectivity index (χ1n) is 13.3. The number of hydrogen-bond acceptors (Lipinski definition) is 4.